The van der Waals surface area contributed by atoms with E-state index < -0.39 is 0 Å². The number of nitrogens with two attached hydrogens (primary N) is 1. The number of thioether (sulfide) groups is 1. The topological polar surface area (TPSA) is 80.9 Å². The van der Waals surface area contributed by atoms with Gasteiger partial charge in [-0.05, 0) is 19.1 Å². The van der Waals surface area contributed by atoms with E-state index in [1.54, 1.807) is 6.92 Å². The summed E-state index contributed by atoms with van der Waals surface area (Å²) in [6, 6.07) is 9.71. The standard InChI is InChI=1S/C11H12N4OS2/c1-7(9(12)16)17-11-15-14-10(18-11)13-8-5-3-2-4-6-8/h2-7H,1H3,(H2,12,16)(H,13,14). The van der Waals surface area contributed by atoms with E-state index in [1.807, 2.05) is 30.3 Å². The van der Waals surface area contributed by atoms with E-state index in [4.69, 9.17) is 5.73 Å². The summed E-state index contributed by atoms with van der Waals surface area (Å²) in [4.78, 5) is 10.9. The lowest BCUT2D eigenvalue weighted by Gasteiger charge is -2.01. The van der Waals surface area contributed by atoms with Crippen molar-refractivity contribution in [1.29, 1.82) is 0 Å². The number of anilines is 2. The zero-order valence-corrected chi connectivity index (χ0v) is 11.3. The third-order valence-corrected chi connectivity index (χ3v) is 4.15. The molecule has 2 rings (SSSR count). The molecule has 0 aliphatic heterocycles. The third kappa shape index (κ3) is 3.44. The first kappa shape index (κ1) is 12.8. The van der Waals surface area contributed by atoms with Crippen molar-refractivity contribution in [3.63, 3.8) is 0 Å². The van der Waals surface area contributed by atoms with Gasteiger partial charge in [0.1, 0.15) is 0 Å². The van der Waals surface area contributed by atoms with Crippen LogP contribution in [0.1, 0.15) is 6.92 Å². The highest BCUT2D eigenvalue weighted by molar-refractivity contribution is 8.02. The second kappa shape index (κ2) is 5.83. The van der Waals surface area contributed by atoms with Crippen molar-refractivity contribution in [1.82, 2.24) is 10.2 Å². The van der Waals surface area contributed by atoms with Crippen LogP contribution in [0.2, 0.25) is 0 Å². The predicted octanol–water partition coefficient (Wildman–Crippen LogP) is 2.25. The second-order valence-electron chi connectivity index (χ2n) is 3.53. The van der Waals surface area contributed by atoms with Crippen LogP contribution in [-0.2, 0) is 4.79 Å². The average Bonchev–Trinajstić information content (AvgIpc) is 2.77. The number of hydrogen-bond acceptors (Lipinski definition) is 6. The number of carbonyl (C=O) groups is 1. The highest BCUT2D eigenvalue weighted by Gasteiger charge is 2.14. The van der Waals surface area contributed by atoms with E-state index in [-0.39, 0.29) is 11.2 Å². The molecule has 7 heteroatoms. The van der Waals surface area contributed by atoms with Crippen LogP contribution in [0.5, 0.6) is 0 Å². The summed E-state index contributed by atoms with van der Waals surface area (Å²) in [5.41, 5.74) is 6.15. The molecule has 1 amide bonds. The van der Waals surface area contributed by atoms with Gasteiger partial charge >= 0.3 is 0 Å². The molecular weight excluding hydrogens is 268 g/mol. The molecule has 0 fully saturated rings. The van der Waals surface area contributed by atoms with Crippen molar-refractivity contribution >= 4 is 39.8 Å². The molecule has 3 N–H and O–H groups in total. The van der Waals surface area contributed by atoms with E-state index in [0.29, 0.717) is 5.13 Å². The number of primary amides is 1. The van der Waals surface area contributed by atoms with Crippen LogP contribution in [0, 0.1) is 0 Å². The summed E-state index contributed by atoms with van der Waals surface area (Å²) in [5.74, 6) is -0.354. The molecule has 1 atom stereocenters. The quantitative estimate of drug-likeness (QED) is 0.821. The number of nitrogens with one attached hydrogen (secondary N) is 1. The normalized spacial score (nSPS) is 12.1. The Morgan fingerprint density at radius 3 is 2.78 bits per heavy atom. The zero-order valence-electron chi connectivity index (χ0n) is 9.66. The molecule has 94 valence electrons. The Bertz CT molecular complexity index is 529. The van der Waals surface area contributed by atoms with Gasteiger partial charge in [-0.15, -0.1) is 10.2 Å². The molecule has 0 aliphatic rings. The third-order valence-electron chi connectivity index (χ3n) is 2.11. The van der Waals surface area contributed by atoms with Crippen molar-refractivity contribution in [3.8, 4) is 0 Å². The Balaban J connectivity index is 2.00. The van der Waals surface area contributed by atoms with Gasteiger partial charge in [0.05, 0.1) is 5.25 Å². The largest absolute Gasteiger partial charge is 0.369 e. The minimum atomic E-state index is -0.354. The van der Waals surface area contributed by atoms with E-state index in [9.17, 15) is 4.79 Å². The summed E-state index contributed by atoms with van der Waals surface area (Å²) in [5, 5.41) is 11.5. The Morgan fingerprint density at radius 2 is 2.11 bits per heavy atom. The molecule has 0 spiro atoms. The van der Waals surface area contributed by atoms with Crippen LogP contribution in [0.15, 0.2) is 34.7 Å². The summed E-state index contributed by atoms with van der Waals surface area (Å²) >= 11 is 2.71. The molecule has 5 nitrogen and oxygen atoms in total. The predicted molar refractivity (Wildman–Crippen MR) is 74.1 cm³/mol. The second-order valence-corrected chi connectivity index (χ2v) is 6.09. The van der Waals surface area contributed by atoms with Crippen molar-refractivity contribution < 1.29 is 4.79 Å². The summed E-state index contributed by atoms with van der Waals surface area (Å²) < 4.78 is 0.722. The van der Waals surface area contributed by atoms with Gasteiger partial charge in [0.15, 0.2) is 4.34 Å². The summed E-state index contributed by atoms with van der Waals surface area (Å²) in [6.45, 7) is 1.75. The van der Waals surface area contributed by atoms with Crippen molar-refractivity contribution in [2.45, 2.75) is 16.5 Å². The van der Waals surface area contributed by atoms with Gasteiger partial charge in [-0.3, -0.25) is 4.79 Å². The maximum absolute atomic E-state index is 10.9. The first-order chi connectivity index (χ1) is 8.65. The van der Waals surface area contributed by atoms with Gasteiger partial charge in [0.2, 0.25) is 11.0 Å². The number of nitrogens with zero attached hydrogens (tertiary/aromatic N) is 2. The Labute approximate surface area is 113 Å². The average molecular weight is 280 g/mol. The van der Waals surface area contributed by atoms with Gasteiger partial charge in [0, 0.05) is 5.69 Å². The summed E-state index contributed by atoms with van der Waals surface area (Å²) in [6.07, 6.45) is 0. The molecule has 1 heterocycles. The molecule has 18 heavy (non-hydrogen) atoms. The number of hydrogen-bond donors (Lipinski definition) is 2. The minimum Gasteiger partial charge on any atom is -0.369 e. The fourth-order valence-electron chi connectivity index (χ4n) is 1.16. The van der Waals surface area contributed by atoms with Crippen molar-refractivity contribution in [3.05, 3.63) is 30.3 Å². The van der Waals surface area contributed by atoms with Crippen LogP contribution in [-0.4, -0.2) is 21.4 Å². The first-order valence-electron chi connectivity index (χ1n) is 5.26. The Kier molecular flexibility index (Phi) is 4.16. The van der Waals surface area contributed by atoms with Gasteiger partial charge < -0.3 is 11.1 Å². The highest BCUT2D eigenvalue weighted by Crippen LogP contribution is 2.30. The van der Waals surface area contributed by atoms with Gasteiger partial charge in [-0.2, -0.15) is 0 Å². The highest BCUT2D eigenvalue weighted by atomic mass is 32.2. The Morgan fingerprint density at radius 1 is 1.39 bits per heavy atom. The number of carbonyl (C=O) groups excluding carboxylic acids is 1. The molecule has 0 radical (unpaired) electrons. The summed E-state index contributed by atoms with van der Waals surface area (Å²) in [7, 11) is 0. The molecular formula is C11H12N4OS2. The maximum atomic E-state index is 10.9. The molecule has 0 saturated carbocycles. The van der Waals surface area contributed by atoms with Crippen LogP contribution >= 0.6 is 23.1 Å². The van der Waals surface area contributed by atoms with Crippen LogP contribution in [0.4, 0.5) is 10.8 Å². The SMILES string of the molecule is CC(Sc1nnc(Nc2ccccc2)s1)C(N)=O. The van der Waals surface area contributed by atoms with Crippen LogP contribution in [0.25, 0.3) is 0 Å². The monoisotopic (exact) mass is 280 g/mol. The number of amides is 1. The maximum Gasteiger partial charge on any atom is 0.230 e. The Hall–Kier alpha value is -1.60. The van der Waals surface area contributed by atoms with Crippen molar-refractivity contribution in [2.24, 2.45) is 5.73 Å². The number of para-hydroxylation sites is 1. The van der Waals surface area contributed by atoms with Gasteiger partial charge in [0.25, 0.3) is 0 Å². The molecule has 0 saturated heterocycles. The van der Waals surface area contributed by atoms with Gasteiger partial charge in [-0.25, -0.2) is 0 Å². The molecule has 1 unspecified atom stereocenters. The van der Waals surface area contributed by atoms with E-state index in [2.05, 4.69) is 15.5 Å². The van der Waals surface area contributed by atoms with Crippen LogP contribution in [0.3, 0.4) is 0 Å². The van der Waals surface area contributed by atoms with E-state index >= 15 is 0 Å². The number of benzene rings is 1. The minimum absolute atomic E-state index is 0.303. The molecule has 1 aromatic carbocycles. The molecule has 0 aliphatic carbocycles. The fourth-order valence-corrected chi connectivity index (χ4v) is 3.03. The molecule has 1 aromatic heterocycles. The first-order valence-corrected chi connectivity index (χ1v) is 6.96. The van der Waals surface area contributed by atoms with E-state index in [1.165, 1.54) is 23.1 Å². The van der Waals surface area contributed by atoms with Crippen LogP contribution < -0.4 is 11.1 Å². The molecule has 0 bridgehead atoms. The van der Waals surface area contributed by atoms with Gasteiger partial charge in [-0.1, -0.05) is 41.3 Å². The van der Waals surface area contributed by atoms with E-state index in [0.717, 1.165) is 10.0 Å². The smallest absolute Gasteiger partial charge is 0.230 e. The lowest BCUT2D eigenvalue weighted by molar-refractivity contribution is -0.117. The molecule has 2 aromatic rings. The fraction of sp³-hybridized carbons (Fsp3) is 0.182. The zero-order chi connectivity index (χ0) is 13.0. The van der Waals surface area contributed by atoms with Crippen molar-refractivity contribution in [2.75, 3.05) is 5.32 Å². The lowest BCUT2D eigenvalue weighted by Crippen LogP contribution is -2.22. The number of rotatable bonds is 5. The number of aromatic nitrogens is 2. The lowest BCUT2D eigenvalue weighted by atomic mass is 10.3.